The fourth-order valence-electron chi connectivity index (χ4n) is 3.28. The summed E-state index contributed by atoms with van der Waals surface area (Å²) in [5.41, 5.74) is 1.22. The summed E-state index contributed by atoms with van der Waals surface area (Å²) in [6, 6.07) is 10.7. The second-order valence-electron chi connectivity index (χ2n) is 6.81. The van der Waals surface area contributed by atoms with Crippen molar-refractivity contribution in [3.63, 3.8) is 0 Å². The largest absolute Gasteiger partial charge is 0.465 e. The van der Waals surface area contributed by atoms with Crippen molar-refractivity contribution in [2.45, 2.75) is 6.92 Å². The Kier molecular flexibility index (Phi) is 6.07. The van der Waals surface area contributed by atoms with Gasteiger partial charge in [0.2, 0.25) is 0 Å². The van der Waals surface area contributed by atoms with Crippen molar-refractivity contribution < 1.29 is 23.9 Å². The van der Waals surface area contributed by atoms with Crippen molar-refractivity contribution in [1.82, 2.24) is 9.38 Å². The Hall–Kier alpha value is -3.83. The van der Waals surface area contributed by atoms with Crippen molar-refractivity contribution in [3.05, 3.63) is 72.8 Å². The molecule has 0 spiro atoms. The van der Waals surface area contributed by atoms with Crippen LogP contribution in [0.2, 0.25) is 0 Å². The number of hydrogen-bond donors (Lipinski definition) is 2. The first-order valence-electron chi connectivity index (χ1n) is 9.72. The van der Waals surface area contributed by atoms with Crippen LogP contribution in [0, 0.1) is 3.95 Å². The zero-order chi connectivity index (χ0) is 23.7. The number of carbonyl (C=O) groups excluding carboxylic acids is 3. The van der Waals surface area contributed by atoms with E-state index < -0.39 is 23.4 Å². The van der Waals surface area contributed by atoms with Crippen LogP contribution in [-0.2, 0) is 9.47 Å². The van der Waals surface area contributed by atoms with Crippen LogP contribution in [0.15, 0.2) is 47.3 Å². The fraction of sp³-hybridized carbons (Fsp3) is 0.136. The van der Waals surface area contributed by atoms with Crippen LogP contribution in [0.5, 0.6) is 0 Å². The third kappa shape index (κ3) is 4.15. The summed E-state index contributed by atoms with van der Waals surface area (Å²) < 4.78 is 11.6. The number of aromatic nitrogens is 2. The van der Waals surface area contributed by atoms with E-state index in [9.17, 15) is 19.2 Å². The lowest BCUT2D eigenvalue weighted by molar-refractivity contribution is 0.0525. The minimum absolute atomic E-state index is 0.192. The number of hydrogen-bond acceptors (Lipinski definition) is 8. The Bertz CT molecular complexity index is 1530. The number of aromatic amines is 1. The molecular weight excluding hydrogens is 466 g/mol. The third-order valence-corrected chi connectivity index (χ3v) is 6.18. The van der Waals surface area contributed by atoms with E-state index in [0.717, 1.165) is 11.3 Å². The number of amides is 1. The molecule has 0 fully saturated rings. The minimum Gasteiger partial charge on any atom is -0.465 e. The van der Waals surface area contributed by atoms with Gasteiger partial charge in [0.1, 0.15) is 10.5 Å². The van der Waals surface area contributed by atoms with Crippen LogP contribution < -0.4 is 10.9 Å². The Morgan fingerprint density at radius 2 is 1.79 bits per heavy atom. The number of fused-ring (bicyclic) bond motifs is 3. The average Bonchev–Trinajstić information content (AvgIpc) is 3.15. The summed E-state index contributed by atoms with van der Waals surface area (Å²) in [4.78, 5) is 52.3. The maximum Gasteiger partial charge on any atom is 0.338 e. The van der Waals surface area contributed by atoms with Crippen molar-refractivity contribution in [1.29, 1.82) is 0 Å². The van der Waals surface area contributed by atoms with E-state index in [4.69, 9.17) is 21.7 Å². The third-order valence-electron chi connectivity index (χ3n) is 4.81. The minimum atomic E-state index is -0.559. The van der Waals surface area contributed by atoms with Crippen LogP contribution in [-0.4, -0.2) is 40.9 Å². The van der Waals surface area contributed by atoms with Gasteiger partial charge in [-0.15, -0.1) is 0 Å². The van der Waals surface area contributed by atoms with E-state index in [-0.39, 0.29) is 22.7 Å². The lowest BCUT2D eigenvalue weighted by atomic mass is 10.1. The summed E-state index contributed by atoms with van der Waals surface area (Å²) in [6.45, 7) is 1.98. The number of rotatable bonds is 5. The van der Waals surface area contributed by atoms with Gasteiger partial charge in [-0.05, 0) is 61.6 Å². The summed E-state index contributed by atoms with van der Waals surface area (Å²) in [7, 11) is 1.26. The van der Waals surface area contributed by atoms with E-state index in [1.807, 2.05) is 0 Å². The van der Waals surface area contributed by atoms with Crippen molar-refractivity contribution in [2.75, 3.05) is 19.0 Å². The van der Waals surface area contributed by atoms with Gasteiger partial charge < -0.3 is 19.8 Å². The van der Waals surface area contributed by atoms with E-state index in [1.165, 1.54) is 37.4 Å². The second kappa shape index (κ2) is 8.96. The number of esters is 2. The fourth-order valence-corrected chi connectivity index (χ4v) is 4.56. The van der Waals surface area contributed by atoms with Gasteiger partial charge in [-0.25, -0.2) is 9.59 Å². The van der Waals surface area contributed by atoms with Gasteiger partial charge >= 0.3 is 11.9 Å². The molecule has 9 nitrogen and oxygen atoms in total. The molecule has 0 atom stereocenters. The molecule has 4 aromatic rings. The highest BCUT2D eigenvalue weighted by Crippen LogP contribution is 2.24. The summed E-state index contributed by atoms with van der Waals surface area (Å²) >= 11 is 6.47. The van der Waals surface area contributed by atoms with Gasteiger partial charge in [0.05, 0.1) is 35.7 Å². The zero-order valence-corrected chi connectivity index (χ0v) is 19.1. The Labute approximate surface area is 195 Å². The smallest absolute Gasteiger partial charge is 0.338 e. The summed E-state index contributed by atoms with van der Waals surface area (Å²) in [6.07, 6.45) is 0. The van der Waals surface area contributed by atoms with Gasteiger partial charge in [0, 0.05) is 5.69 Å². The molecule has 0 aliphatic heterocycles. The lowest BCUT2D eigenvalue weighted by Crippen LogP contribution is -2.15. The first-order valence-corrected chi connectivity index (χ1v) is 10.9. The standard InChI is InChI=1S/C22H17N3O6S2/c1-3-31-21(29)11-4-7-13(8-5-11)23-19(27)16-17-24-18(26)14-9-6-12(20(28)30-2)10-15(14)25(17)22(32)33-16/h4-10H,3H2,1-2H3,(H,23,27)(H,24,26). The Morgan fingerprint density at radius 1 is 1.09 bits per heavy atom. The molecule has 2 aromatic heterocycles. The molecule has 0 saturated carbocycles. The zero-order valence-electron chi connectivity index (χ0n) is 17.5. The van der Waals surface area contributed by atoms with Crippen LogP contribution >= 0.6 is 23.6 Å². The molecule has 0 saturated heterocycles. The Balaban J connectivity index is 1.74. The predicted molar refractivity (Wildman–Crippen MR) is 126 cm³/mol. The van der Waals surface area contributed by atoms with Crippen LogP contribution in [0.25, 0.3) is 16.6 Å². The van der Waals surface area contributed by atoms with Crippen LogP contribution in [0.4, 0.5) is 5.69 Å². The molecule has 2 heterocycles. The topological polar surface area (TPSA) is 119 Å². The normalized spacial score (nSPS) is 10.8. The SMILES string of the molecule is CCOC(=O)c1ccc(NC(=O)c2sc(=S)n3c2[nH]c(=O)c2ccc(C(=O)OC)cc23)cc1. The monoisotopic (exact) mass is 483 g/mol. The van der Waals surface area contributed by atoms with Crippen molar-refractivity contribution >= 4 is 63.6 Å². The summed E-state index contributed by atoms with van der Waals surface area (Å²) in [5.74, 6) is -1.50. The van der Waals surface area contributed by atoms with Gasteiger partial charge in [0.15, 0.2) is 3.95 Å². The molecule has 0 aliphatic rings. The molecule has 2 N–H and O–H groups in total. The number of benzene rings is 2. The second-order valence-corrected chi connectivity index (χ2v) is 8.45. The number of nitrogens with one attached hydrogen (secondary N) is 2. The number of thiazole rings is 1. The molecule has 1 amide bonds. The Morgan fingerprint density at radius 3 is 2.45 bits per heavy atom. The number of ether oxygens (including phenoxy) is 2. The highest BCUT2D eigenvalue weighted by Gasteiger charge is 2.19. The number of nitrogens with zero attached hydrogens (tertiary/aromatic N) is 1. The number of H-pyrrole nitrogens is 1. The lowest BCUT2D eigenvalue weighted by Gasteiger charge is -2.07. The van der Waals surface area contributed by atoms with Crippen LogP contribution in [0.3, 0.4) is 0 Å². The van der Waals surface area contributed by atoms with E-state index in [0.29, 0.717) is 26.1 Å². The maximum absolute atomic E-state index is 13.0. The van der Waals surface area contributed by atoms with E-state index in [1.54, 1.807) is 23.5 Å². The highest BCUT2D eigenvalue weighted by molar-refractivity contribution is 7.73. The predicted octanol–water partition coefficient (Wildman–Crippen LogP) is 3.79. The number of carbonyl (C=O) groups is 3. The van der Waals surface area contributed by atoms with Crippen molar-refractivity contribution in [2.24, 2.45) is 0 Å². The maximum atomic E-state index is 13.0. The van der Waals surface area contributed by atoms with Gasteiger partial charge in [-0.1, -0.05) is 11.3 Å². The average molecular weight is 484 g/mol. The van der Waals surface area contributed by atoms with Gasteiger partial charge in [-0.2, -0.15) is 0 Å². The molecule has 0 bridgehead atoms. The first-order chi connectivity index (χ1) is 15.8. The molecule has 168 valence electrons. The quantitative estimate of drug-likeness (QED) is 0.327. The number of anilines is 1. The van der Waals surface area contributed by atoms with Crippen molar-refractivity contribution in [3.8, 4) is 0 Å². The molecule has 11 heteroatoms. The highest BCUT2D eigenvalue weighted by atomic mass is 32.1. The van der Waals surface area contributed by atoms with E-state index in [2.05, 4.69) is 10.3 Å². The molecule has 2 aromatic carbocycles. The molecule has 0 unspecified atom stereocenters. The summed E-state index contributed by atoms with van der Waals surface area (Å²) in [5, 5.41) is 3.04. The van der Waals surface area contributed by atoms with Gasteiger partial charge in [0.25, 0.3) is 11.5 Å². The molecule has 33 heavy (non-hydrogen) atoms. The van der Waals surface area contributed by atoms with Crippen LogP contribution in [0.1, 0.15) is 37.3 Å². The van der Waals surface area contributed by atoms with E-state index >= 15 is 0 Å². The molecule has 0 aliphatic carbocycles. The molecule has 0 radical (unpaired) electrons. The van der Waals surface area contributed by atoms with Gasteiger partial charge in [-0.3, -0.25) is 14.0 Å². The number of methoxy groups -OCH3 is 1. The first kappa shape index (κ1) is 22.4. The molecular formula is C22H17N3O6S2. The molecule has 4 rings (SSSR count).